The van der Waals surface area contributed by atoms with Gasteiger partial charge in [0.2, 0.25) is 0 Å². The number of imidazole rings is 1. The Labute approximate surface area is 156 Å². The number of rotatable bonds is 4. The standard InChI is InChI=1S/C20H21F2N5/c1-13-10-25-20(26-13)19-18(23-4-5-24-19)15-3-2-6-27(12-15)11-14-7-16(21)9-17(22)8-14/h4-5,7-10,15H,2-3,6,11-12H2,1H3,(H,25,26)/t15-/m1/s1. The summed E-state index contributed by atoms with van der Waals surface area (Å²) in [5.74, 6) is -0.155. The first-order chi connectivity index (χ1) is 13.1. The molecule has 1 aliphatic heterocycles. The van der Waals surface area contributed by atoms with Crippen LogP contribution in [0, 0.1) is 18.6 Å². The van der Waals surface area contributed by atoms with Gasteiger partial charge in [0.1, 0.15) is 17.3 Å². The van der Waals surface area contributed by atoms with Crippen molar-refractivity contribution in [2.45, 2.75) is 32.2 Å². The van der Waals surface area contributed by atoms with Gasteiger partial charge in [-0.3, -0.25) is 9.88 Å². The van der Waals surface area contributed by atoms with Gasteiger partial charge in [0.25, 0.3) is 0 Å². The summed E-state index contributed by atoms with van der Waals surface area (Å²) >= 11 is 0. The maximum Gasteiger partial charge on any atom is 0.158 e. The summed E-state index contributed by atoms with van der Waals surface area (Å²) in [4.78, 5) is 18.9. The van der Waals surface area contributed by atoms with E-state index in [4.69, 9.17) is 0 Å². The lowest BCUT2D eigenvalue weighted by atomic mass is 9.92. The lowest BCUT2D eigenvalue weighted by molar-refractivity contribution is 0.198. The zero-order chi connectivity index (χ0) is 18.8. The molecular formula is C20H21F2N5. The maximum absolute atomic E-state index is 13.5. The van der Waals surface area contributed by atoms with E-state index in [1.807, 2.05) is 6.92 Å². The number of aryl methyl sites for hydroxylation is 1. The van der Waals surface area contributed by atoms with E-state index in [0.29, 0.717) is 12.1 Å². The minimum Gasteiger partial charge on any atom is -0.341 e. The van der Waals surface area contributed by atoms with Crippen molar-refractivity contribution in [2.24, 2.45) is 0 Å². The molecule has 1 aliphatic rings. The molecule has 1 N–H and O–H groups in total. The van der Waals surface area contributed by atoms with Gasteiger partial charge in [0, 0.05) is 49.4 Å². The third-order valence-corrected chi connectivity index (χ3v) is 4.87. The zero-order valence-electron chi connectivity index (χ0n) is 15.1. The second kappa shape index (κ2) is 7.52. The second-order valence-corrected chi connectivity index (χ2v) is 7.06. The number of benzene rings is 1. The number of H-pyrrole nitrogens is 1. The van der Waals surface area contributed by atoms with Gasteiger partial charge in [-0.2, -0.15) is 0 Å². The number of hydrogen-bond donors (Lipinski definition) is 1. The highest BCUT2D eigenvalue weighted by molar-refractivity contribution is 5.53. The fourth-order valence-electron chi connectivity index (χ4n) is 3.75. The van der Waals surface area contributed by atoms with E-state index in [1.54, 1.807) is 18.6 Å². The molecular weight excluding hydrogens is 348 g/mol. The van der Waals surface area contributed by atoms with E-state index in [2.05, 4.69) is 24.8 Å². The zero-order valence-corrected chi connectivity index (χ0v) is 15.1. The molecule has 1 saturated heterocycles. The molecule has 0 aliphatic carbocycles. The van der Waals surface area contributed by atoms with Crippen molar-refractivity contribution in [1.82, 2.24) is 24.8 Å². The van der Waals surface area contributed by atoms with Crippen molar-refractivity contribution in [2.75, 3.05) is 13.1 Å². The highest BCUT2D eigenvalue weighted by Gasteiger charge is 2.26. The van der Waals surface area contributed by atoms with E-state index in [1.165, 1.54) is 12.1 Å². The molecule has 3 aromatic rings. The molecule has 0 radical (unpaired) electrons. The van der Waals surface area contributed by atoms with Crippen molar-refractivity contribution in [1.29, 1.82) is 0 Å². The molecule has 2 aromatic heterocycles. The third kappa shape index (κ3) is 4.03. The Hall–Kier alpha value is -2.67. The molecule has 1 atom stereocenters. The predicted molar refractivity (Wildman–Crippen MR) is 98.0 cm³/mol. The van der Waals surface area contributed by atoms with Gasteiger partial charge in [0.15, 0.2) is 5.82 Å². The van der Waals surface area contributed by atoms with Crippen molar-refractivity contribution in [3.63, 3.8) is 0 Å². The van der Waals surface area contributed by atoms with E-state index < -0.39 is 11.6 Å². The van der Waals surface area contributed by atoms with Crippen LogP contribution in [-0.2, 0) is 6.54 Å². The Kier molecular flexibility index (Phi) is 4.94. The van der Waals surface area contributed by atoms with Crippen LogP contribution < -0.4 is 0 Å². The summed E-state index contributed by atoms with van der Waals surface area (Å²) in [7, 11) is 0. The molecule has 7 heteroatoms. The maximum atomic E-state index is 13.5. The molecule has 0 saturated carbocycles. The summed E-state index contributed by atoms with van der Waals surface area (Å²) < 4.78 is 27.0. The fraction of sp³-hybridized carbons (Fsp3) is 0.350. The molecule has 3 heterocycles. The number of nitrogens with zero attached hydrogens (tertiary/aromatic N) is 4. The summed E-state index contributed by atoms with van der Waals surface area (Å²) in [6.45, 7) is 4.13. The van der Waals surface area contributed by atoms with E-state index in [9.17, 15) is 8.78 Å². The predicted octanol–water partition coefficient (Wildman–Crippen LogP) is 3.83. The average Bonchev–Trinajstić information content (AvgIpc) is 3.07. The average molecular weight is 369 g/mol. The molecule has 0 bridgehead atoms. The molecule has 140 valence electrons. The monoisotopic (exact) mass is 369 g/mol. The number of hydrogen-bond acceptors (Lipinski definition) is 4. The lowest BCUT2D eigenvalue weighted by Gasteiger charge is -2.32. The smallest absolute Gasteiger partial charge is 0.158 e. The van der Waals surface area contributed by atoms with Crippen molar-refractivity contribution in [3.8, 4) is 11.5 Å². The molecule has 4 rings (SSSR count). The van der Waals surface area contributed by atoms with Gasteiger partial charge in [-0.25, -0.2) is 18.7 Å². The number of nitrogens with one attached hydrogen (secondary N) is 1. The van der Waals surface area contributed by atoms with Crippen molar-refractivity contribution < 1.29 is 8.78 Å². The summed E-state index contributed by atoms with van der Waals surface area (Å²) in [5, 5.41) is 0. The van der Waals surface area contributed by atoms with Crippen LogP contribution in [0.4, 0.5) is 8.78 Å². The summed E-state index contributed by atoms with van der Waals surface area (Å²) in [6.07, 6.45) is 7.15. The minimum absolute atomic E-state index is 0.200. The van der Waals surface area contributed by atoms with E-state index >= 15 is 0 Å². The Morgan fingerprint density at radius 1 is 1.11 bits per heavy atom. The number of piperidine rings is 1. The van der Waals surface area contributed by atoms with Gasteiger partial charge in [-0.05, 0) is 44.0 Å². The van der Waals surface area contributed by atoms with Gasteiger partial charge in [-0.15, -0.1) is 0 Å². The SMILES string of the molecule is Cc1cnc(-c2nccnc2[C@@H]2CCCN(Cc3cc(F)cc(F)c3)C2)[nH]1. The first-order valence-electron chi connectivity index (χ1n) is 9.08. The number of aromatic amines is 1. The Bertz CT molecular complexity index is 919. The number of likely N-dealkylation sites (tertiary alicyclic amines) is 1. The molecule has 27 heavy (non-hydrogen) atoms. The molecule has 0 amide bonds. The van der Waals surface area contributed by atoms with Crippen LogP contribution in [-0.4, -0.2) is 37.9 Å². The summed E-state index contributed by atoms with van der Waals surface area (Å²) in [5.41, 5.74) is 3.31. The quantitative estimate of drug-likeness (QED) is 0.759. The van der Waals surface area contributed by atoms with Crippen LogP contribution in [0.15, 0.2) is 36.8 Å². The van der Waals surface area contributed by atoms with Gasteiger partial charge >= 0.3 is 0 Å². The number of halogens is 2. The minimum atomic E-state index is -0.539. The van der Waals surface area contributed by atoms with E-state index in [-0.39, 0.29) is 5.92 Å². The number of aromatic nitrogens is 4. The first-order valence-corrected chi connectivity index (χ1v) is 9.08. The Balaban J connectivity index is 1.55. The van der Waals surface area contributed by atoms with E-state index in [0.717, 1.165) is 54.9 Å². The lowest BCUT2D eigenvalue weighted by Crippen LogP contribution is -2.34. The highest BCUT2D eigenvalue weighted by Crippen LogP contribution is 2.31. The Morgan fingerprint density at radius 3 is 2.63 bits per heavy atom. The largest absolute Gasteiger partial charge is 0.341 e. The Morgan fingerprint density at radius 2 is 1.89 bits per heavy atom. The molecule has 5 nitrogen and oxygen atoms in total. The van der Waals surface area contributed by atoms with Crippen LogP contribution in [0.5, 0.6) is 0 Å². The van der Waals surface area contributed by atoms with Crippen molar-refractivity contribution >= 4 is 0 Å². The van der Waals surface area contributed by atoms with Crippen LogP contribution in [0.2, 0.25) is 0 Å². The molecule has 1 aromatic carbocycles. The highest BCUT2D eigenvalue weighted by atomic mass is 19.1. The van der Waals surface area contributed by atoms with Gasteiger partial charge in [0.05, 0.1) is 5.69 Å². The molecule has 0 unspecified atom stereocenters. The first kappa shape index (κ1) is 17.7. The van der Waals surface area contributed by atoms with Gasteiger partial charge < -0.3 is 4.98 Å². The van der Waals surface area contributed by atoms with Crippen LogP contribution in [0.25, 0.3) is 11.5 Å². The van der Waals surface area contributed by atoms with Crippen LogP contribution >= 0.6 is 0 Å². The van der Waals surface area contributed by atoms with Crippen LogP contribution in [0.1, 0.15) is 35.7 Å². The normalized spacial score (nSPS) is 18.0. The molecule has 0 spiro atoms. The second-order valence-electron chi connectivity index (χ2n) is 7.06. The van der Waals surface area contributed by atoms with Crippen LogP contribution in [0.3, 0.4) is 0 Å². The third-order valence-electron chi connectivity index (χ3n) is 4.87. The van der Waals surface area contributed by atoms with Crippen molar-refractivity contribution in [3.05, 3.63) is 65.4 Å². The van der Waals surface area contributed by atoms with Gasteiger partial charge in [-0.1, -0.05) is 0 Å². The summed E-state index contributed by atoms with van der Waals surface area (Å²) in [6, 6.07) is 3.69. The molecule has 1 fully saturated rings. The topological polar surface area (TPSA) is 57.7 Å². The fourth-order valence-corrected chi connectivity index (χ4v) is 3.75.